The van der Waals surface area contributed by atoms with Gasteiger partial charge in [0.25, 0.3) is 5.56 Å². The number of rotatable bonds is 12. The summed E-state index contributed by atoms with van der Waals surface area (Å²) in [5, 5.41) is -0.341. The number of nitrogens with one attached hydrogen (secondary N) is 1. The van der Waals surface area contributed by atoms with Crippen molar-refractivity contribution in [1.29, 1.82) is 0 Å². The molecule has 2 aliphatic heterocycles. The lowest BCUT2D eigenvalue weighted by molar-refractivity contribution is -0.153. The summed E-state index contributed by atoms with van der Waals surface area (Å²) in [5.74, 6) is 0. The molecule has 0 aliphatic carbocycles. The van der Waals surface area contributed by atoms with Crippen molar-refractivity contribution >= 4 is 28.5 Å². The van der Waals surface area contributed by atoms with Crippen molar-refractivity contribution < 1.29 is 55.7 Å². The molecule has 3 aromatic rings. The second-order valence-corrected chi connectivity index (χ2v) is 15.4. The predicted octanol–water partition coefficient (Wildman–Crippen LogP) is 2.56. The Labute approximate surface area is 256 Å². The van der Waals surface area contributed by atoms with Crippen molar-refractivity contribution in [2.45, 2.75) is 57.5 Å². The maximum atomic E-state index is 12.7. The fourth-order valence-corrected chi connectivity index (χ4v) is 8.95. The van der Waals surface area contributed by atoms with E-state index in [1.54, 1.807) is 13.8 Å². The number of ether oxygens (including phenoxy) is 3. The molecule has 0 radical (unpaired) electrons. The van der Waals surface area contributed by atoms with Gasteiger partial charge in [0.2, 0.25) is 0 Å². The van der Waals surface area contributed by atoms with Crippen LogP contribution in [0.3, 0.4) is 0 Å². The number of nitrogens with zero attached hydrogens (tertiary/aromatic N) is 1. The van der Waals surface area contributed by atoms with E-state index in [1.807, 2.05) is 30.3 Å². The molecule has 8 unspecified atom stereocenters. The highest BCUT2D eigenvalue weighted by Crippen LogP contribution is 2.67. The lowest BCUT2D eigenvalue weighted by atomic mass is 10.1. The lowest BCUT2D eigenvalue weighted by Gasteiger charge is -2.22. The van der Waals surface area contributed by atoms with Crippen molar-refractivity contribution in [2.75, 3.05) is 6.61 Å². The van der Waals surface area contributed by atoms with Crippen molar-refractivity contribution in [3.05, 3.63) is 98.3 Å². The minimum atomic E-state index is -5.66. The first-order valence-electron chi connectivity index (χ1n) is 13.6. The van der Waals surface area contributed by atoms with E-state index in [0.29, 0.717) is 18.4 Å². The zero-order valence-corrected chi connectivity index (χ0v) is 26.6. The van der Waals surface area contributed by atoms with Crippen LogP contribution in [-0.2, 0) is 47.5 Å². The van der Waals surface area contributed by atoms with Crippen molar-refractivity contribution in [1.82, 2.24) is 9.55 Å². The first kappa shape index (κ1) is 33.8. The minimum absolute atomic E-state index is 0.341. The SMILES string of the molecule is Cc1ccc(P(=O)(O)OP(=O)(O)OP(=O)(O)OCC2OC(n3ccc(=O)[nH]c3=O)C3OC(CCc4ccccc4)OC23)cc1C. The summed E-state index contributed by atoms with van der Waals surface area (Å²) in [7, 11) is -16.1. The highest BCUT2D eigenvalue weighted by molar-refractivity contribution is 7.71. The number of aromatic nitrogens is 2. The number of aromatic amines is 1. The summed E-state index contributed by atoms with van der Waals surface area (Å²) >= 11 is 0. The van der Waals surface area contributed by atoms with Gasteiger partial charge in [-0.05, 0) is 49.1 Å². The number of phosphoric ester groups is 1. The molecule has 5 rings (SSSR count). The number of fused-ring (bicyclic) bond motifs is 1. The summed E-state index contributed by atoms with van der Waals surface area (Å²) in [5.41, 5.74) is 0.932. The molecule has 2 aromatic carbocycles. The molecule has 16 nitrogen and oxygen atoms in total. The van der Waals surface area contributed by atoms with Crippen LogP contribution in [0.5, 0.6) is 0 Å². The van der Waals surface area contributed by atoms with Gasteiger partial charge in [0, 0.05) is 18.7 Å². The van der Waals surface area contributed by atoms with Gasteiger partial charge in [0.05, 0.1) is 11.9 Å². The average molecular weight is 688 g/mol. The van der Waals surface area contributed by atoms with Crippen LogP contribution in [0.4, 0.5) is 0 Å². The third kappa shape index (κ3) is 8.25. The van der Waals surface area contributed by atoms with E-state index in [2.05, 4.69) is 13.6 Å². The molecular formula is C26H31N2O14P3. The quantitative estimate of drug-likeness (QED) is 0.201. The molecule has 0 spiro atoms. The molecule has 3 heterocycles. The Hall–Kier alpha value is -2.55. The van der Waals surface area contributed by atoms with Crippen LogP contribution < -0.4 is 16.6 Å². The number of aryl methyl sites for hydroxylation is 3. The summed E-state index contributed by atoms with van der Waals surface area (Å²) in [6, 6.07) is 14.6. The third-order valence-corrected chi connectivity index (χ3v) is 11.9. The molecule has 0 bridgehead atoms. The fraction of sp³-hybridized carbons (Fsp3) is 0.385. The average Bonchev–Trinajstić information content (AvgIpc) is 3.51. The Morgan fingerprint density at radius 3 is 2.27 bits per heavy atom. The van der Waals surface area contributed by atoms with Gasteiger partial charge in [-0.25, -0.2) is 18.2 Å². The first-order valence-corrected chi connectivity index (χ1v) is 18.1. The normalized spacial score (nSPS) is 26.9. The number of hydrogen-bond donors (Lipinski definition) is 4. The van der Waals surface area contributed by atoms with Crippen LogP contribution in [0.1, 0.15) is 29.3 Å². The molecule has 0 amide bonds. The molecular weight excluding hydrogens is 657 g/mol. The van der Waals surface area contributed by atoms with E-state index in [0.717, 1.165) is 21.8 Å². The molecule has 2 fully saturated rings. The lowest BCUT2D eigenvalue weighted by Crippen LogP contribution is -2.36. The molecule has 2 saturated heterocycles. The zero-order chi connectivity index (χ0) is 32.6. The number of H-pyrrole nitrogens is 1. The molecule has 4 N–H and O–H groups in total. The van der Waals surface area contributed by atoms with E-state index in [1.165, 1.54) is 24.4 Å². The highest BCUT2D eigenvalue weighted by Gasteiger charge is 2.54. The van der Waals surface area contributed by atoms with Crippen molar-refractivity contribution in [2.24, 2.45) is 0 Å². The maximum Gasteiger partial charge on any atom is 0.488 e. The second kappa shape index (κ2) is 13.3. The third-order valence-electron chi connectivity index (χ3n) is 7.18. The van der Waals surface area contributed by atoms with Crippen LogP contribution in [0, 0.1) is 13.8 Å². The second-order valence-electron chi connectivity index (χ2n) is 10.4. The summed E-state index contributed by atoms with van der Waals surface area (Å²) in [6.45, 7) is 2.61. The van der Waals surface area contributed by atoms with Gasteiger partial charge >= 0.3 is 28.9 Å². The van der Waals surface area contributed by atoms with Gasteiger partial charge in [-0.1, -0.05) is 36.4 Å². The van der Waals surface area contributed by atoms with Gasteiger partial charge in [-0.15, -0.1) is 0 Å². The van der Waals surface area contributed by atoms with Crippen LogP contribution in [0.2, 0.25) is 0 Å². The van der Waals surface area contributed by atoms with E-state index >= 15 is 0 Å². The van der Waals surface area contributed by atoms with E-state index < -0.39 is 71.9 Å². The molecule has 2 aliphatic rings. The summed E-state index contributed by atoms with van der Waals surface area (Å²) in [4.78, 5) is 56.8. The molecule has 0 saturated carbocycles. The smallest absolute Gasteiger partial charge is 0.346 e. The zero-order valence-electron chi connectivity index (χ0n) is 23.9. The number of benzene rings is 2. The predicted molar refractivity (Wildman–Crippen MR) is 157 cm³/mol. The highest BCUT2D eigenvalue weighted by atomic mass is 31.3. The Morgan fingerprint density at radius 2 is 1.58 bits per heavy atom. The van der Waals surface area contributed by atoms with E-state index in [9.17, 15) is 38.0 Å². The van der Waals surface area contributed by atoms with E-state index in [4.69, 9.17) is 18.7 Å². The monoisotopic (exact) mass is 688 g/mol. The maximum absolute atomic E-state index is 12.7. The fourth-order valence-electron chi connectivity index (χ4n) is 4.88. The minimum Gasteiger partial charge on any atom is -0.346 e. The summed E-state index contributed by atoms with van der Waals surface area (Å²) < 4.78 is 70.4. The molecule has 244 valence electrons. The Bertz CT molecular complexity index is 1800. The Morgan fingerprint density at radius 1 is 0.867 bits per heavy atom. The van der Waals surface area contributed by atoms with Gasteiger partial charge in [-0.2, -0.15) is 4.31 Å². The van der Waals surface area contributed by atoms with Gasteiger partial charge in [-0.3, -0.25) is 23.4 Å². The Balaban J connectivity index is 1.27. The van der Waals surface area contributed by atoms with E-state index in [-0.39, 0.29) is 5.30 Å². The van der Waals surface area contributed by atoms with Crippen LogP contribution in [-0.4, -0.2) is 55.4 Å². The van der Waals surface area contributed by atoms with Crippen LogP contribution in [0.25, 0.3) is 0 Å². The molecule has 8 atom stereocenters. The molecule has 19 heteroatoms. The number of phosphoric acid groups is 2. The van der Waals surface area contributed by atoms with Crippen molar-refractivity contribution in [3.63, 3.8) is 0 Å². The molecule has 45 heavy (non-hydrogen) atoms. The first-order chi connectivity index (χ1) is 21.1. The molecule has 1 aromatic heterocycles. The standard InChI is InChI=1S/C26H31N2O14P3/c1-16-8-10-19(14-17(16)2)43(31,32)41-45(35,36)42-44(33,34)37-15-20-23-24(25(38-20)28-13-12-21(29)27-26(28)30)40-22(39-23)11-9-18-6-4-3-5-7-18/h3-8,10,12-14,20,22-25H,9,11,15H2,1-2H3,(H,31,32)(H,33,34)(H,35,36)(H,27,29,30). The van der Waals surface area contributed by atoms with Crippen LogP contribution in [0.15, 0.2) is 70.4 Å². The van der Waals surface area contributed by atoms with Gasteiger partial charge in [0.15, 0.2) is 12.5 Å². The summed E-state index contributed by atoms with van der Waals surface area (Å²) in [6.07, 6.45) is -2.79. The van der Waals surface area contributed by atoms with Gasteiger partial charge in [0.1, 0.15) is 18.3 Å². The Kier molecular flexibility index (Phi) is 9.98. The number of hydrogen-bond acceptors (Lipinski definition) is 11. The van der Waals surface area contributed by atoms with Gasteiger partial charge < -0.3 is 28.9 Å². The topological polar surface area (TPSA) is 222 Å². The van der Waals surface area contributed by atoms with Crippen molar-refractivity contribution in [3.8, 4) is 0 Å². The van der Waals surface area contributed by atoms with Crippen LogP contribution >= 0.6 is 23.2 Å². The largest absolute Gasteiger partial charge is 0.488 e.